The van der Waals surface area contributed by atoms with Gasteiger partial charge in [-0.3, -0.25) is 0 Å². The first-order valence-corrected chi connectivity index (χ1v) is 4.57. The van der Waals surface area contributed by atoms with E-state index in [0.29, 0.717) is 5.92 Å². The van der Waals surface area contributed by atoms with Crippen molar-refractivity contribution in [1.29, 1.82) is 0 Å². The van der Waals surface area contributed by atoms with Crippen LogP contribution in [0.2, 0.25) is 0 Å². The van der Waals surface area contributed by atoms with Crippen LogP contribution in [0.5, 0.6) is 0 Å². The lowest BCUT2D eigenvalue weighted by Crippen LogP contribution is -2.40. The van der Waals surface area contributed by atoms with Gasteiger partial charge in [0, 0.05) is 0 Å². The van der Waals surface area contributed by atoms with Gasteiger partial charge in [-0.15, -0.1) is 6.42 Å². The van der Waals surface area contributed by atoms with E-state index in [1.165, 1.54) is 0 Å². The molecule has 1 aliphatic rings. The molecular formula is C11H18O. The maximum absolute atomic E-state index is 9.95. The van der Waals surface area contributed by atoms with E-state index >= 15 is 0 Å². The first kappa shape index (κ1) is 9.61. The Hall–Kier alpha value is -0.480. The Labute approximate surface area is 75.2 Å². The maximum atomic E-state index is 9.95. The van der Waals surface area contributed by atoms with Crippen molar-refractivity contribution < 1.29 is 5.11 Å². The molecule has 0 radical (unpaired) electrons. The van der Waals surface area contributed by atoms with Crippen molar-refractivity contribution >= 4 is 0 Å². The van der Waals surface area contributed by atoms with Gasteiger partial charge in [0.25, 0.3) is 0 Å². The molecule has 1 unspecified atom stereocenters. The summed E-state index contributed by atoms with van der Waals surface area (Å²) in [6.07, 6.45) is 7.98. The molecule has 0 amide bonds. The molecule has 2 atom stereocenters. The normalized spacial score (nSPS) is 40.4. The Kier molecular flexibility index (Phi) is 2.23. The molecule has 0 saturated heterocycles. The fourth-order valence-corrected chi connectivity index (χ4v) is 2.64. The van der Waals surface area contributed by atoms with Crippen LogP contribution >= 0.6 is 0 Å². The van der Waals surface area contributed by atoms with Gasteiger partial charge in [0.05, 0.1) is 0 Å². The minimum absolute atomic E-state index is 0.193. The van der Waals surface area contributed by atoms with Crippen molar-refractivity contribution in [2.24, 2.45) is 11.3 Å². The average Bonchev–Trinajstić information content (AvgIpc) is 1.82. The predicted molar refractivity (Wildman–Crippen MR) is 50.6 cm³/mol. The third-order valence-electron chi connectivity index (χ3n) is 2.63. The highest BCUT2D eigenvalue weighted by atomic mass is 16.3. The number of hydrogen-bond acceptors (Lipinski definition) is 1. The van der Waals surface area contributed by atoms with E-state index in [-0.39, 0.29) is 5.41 Å². The van der Waals surface area contributed by atoms with E-state index < -0.39 is 5.60 Å². The summed E-state index contributed by atoms with van der Waals surface area (Å²) in [5, 5.41) is 9.95. The third-order valence-corrected chi connectivity index (χ3v) is 2.63. The SMILES string of the molecule is C#C[C@@]1(O)CC(C)CC(C)(C)C1. The Bertz CT molecular complexity index is 212. The lowest BCUT2D eigenvalue weighted by molar-refractivity contribution is -0.0133. The van der Waals surface area contributed by atoms with Crippen LogP contribution in [0.3, 0.4) is 0 Å². The highest BCUT2D eigenvalue weighted by molar-refractivity contribution is 5.11. The monoisotopic (exact) mass is 166 g/mol. The number of terminal acetylenes is 1. The molecule has 0 aromatic carbocycles. The molecular weight excluding hydrogens is 148 g/mol. The van der Waals surface area contributed by atoms with Crippen LogP contribution in [0.4, 0.5) is 0 Å². The molecule has 1 rings (SSSR count). The third kappa shape index (κ3) is 2.01. The summed E-state index contributed by atoms with van der Waals surface area (Å²) in [4.78, 5) is 0. The van der Waals surface area contributed by atoms with Crippen molar-refractivity contribution in [2.45, 2.75) is 45.6 Å². The molecule has 0 aromatic heterocycles. The first-order chi connectivity index (χ1) is 5.37. The second-order valence-corrected chi connectivity index (χ2v) is 5.03. The standard InChI is InChI=1S/C11H18O/c1-5-11(12)7-9(2)6-10(3,4)8-11/h1,9,12H,6-8H2,2-4H3/t9?,11-/m1/s1. The van der Waals surface area contributed by atoms with Crippen LogP contribution in [0, 0.1) is 23.7 Å². The second-order valence-electron chi connectivity index (χ2n) is 5.03. The van der Waals surface area contributed by atoms with E-state index in [2.05, 4.69) is 26.7 Å². The highest BCUT2D eigenvalue weighted by Crippen LogP contribution is 2.43. The number of rotatable bonds is 0. The molecule has 1 N–H and O–H groups in total. The molecule has 12 heavy (non-hydrogen) atoms. The van der Waals surface area contributed by atoms with Crippen LogP contribution in [-0.2, 0) is 0 Å². The largest absolute Gasteiger partial charge is 0.378 e. The lowest BCUT2D eigenvalue weighted by Gasteiger charge is -2.41. The molecule has 1 nitrogen and oxygen atoms in total. The Morgan fingerprint density at radius 3 is 2.42 bits per heavy atom. The molecule has 0 spiro atoms. The van der Waals surface area contributed by atoms with Crippen LogP contribution in [0.15, 0.2) is 0 Å². The molecule has 1 aliphatic carbocycles. The summed E-state index contributed by atoms with van der Waals surface area (Å²) < 4.78 is 0. The minimum atomic E-state index is -0.846. The molecule has 0 aromatic rings. The molecule has 68 valence electrons. The second kappa shape index (κ2) is 2.78. The quantitative estimate of drug-likeness (QED) is 0.547. The van der Waals surface area contributed by atoms with Crippen molar-refractivity contribution in [3.05, 3.63) is 0 Å². The molecule has 1 heteroatoms. The molecule has 0 bridgehead atoms. The number of aliphatic hydroxyl groups is 1. The van der Waals surface area contributed by atoms with Gasteiger partial charge in [-0.2, -0.15) is 0 Å². The summed E-state index contributed by atoms with van der Waals surface area (Å²) in [6, 6.07) is 0. The van der Waals surface area contributed by atoms with Crippen LogP contribution < -0.4 is 0 Å². The Morgan fingerprint density at radius 1 is 1.42 bits per heavy atom. The van der Waals surface area contributed by atoms with Crippen LogP contribution in [-0.4, -0.2) is 10.7 Å². The predicted octanol–water partition coefficient (Wildman–Crippen LogP) is 2.20. The Balaban J connectivity index is 2.78. The Morgan fingerprint density at radius 2 is 2.00 bits per heavy atom. The van der Waals surface area contributed by atoms with E-state index in [0.717, 1.165) is 19.3 Å². The molecule has 1 fully saturated rings. The zero-order chi connectivity index (χ0) is 9.41. The van der Waals surface area contributed by atoms with E-state index in [1.54, 1.807) is 0 Å². The summed E-state index contributed by atoms with van der Waals surface area (Å²) in [5.41, 5.74) is -0.653. The maximum Gasteiger partial charge on any atom is 0.126 e. The van der Waals surface area contributed by atoms with E-state index in [1.807, 2.05) is 0 Å². The van der Waals surface area contributed by atoms with Gasteiger partial charge in [0.15, 0.2) is 0 Å². The minimum Gasteiger partial charge on any atom is -0.378 e. The van der Waals surface area contributed by atoms with Crippen molar-refractivity contribution in [3.8, 4) is 12.3 Å². The zero-order valence-electron chi connectivity index (χ0n) is 8.22. The summed E-state index contributed by atoms with van der Waals surface area (Å²) in [7, 11) is 0. The summed E-state index contributed by atoms with van der Waals surface area (Å²) >= 11 is 0. The van der Waals surface area contributed by atoms with Gasteiger partial charge < -0.3 is 5.11 Å². The van der Waals surface area contributed by atoms with Crippen LogP contribution in [0.25, 0.3) is 0 Å². The van der Waals surface area contributed by atoms with Gasteiger partial charge in [0.2, 0.25) is 0 Å². The van der Waals surface area contributed by atoms with Gasteiger partial charge in [-0.25, -0.2) is 0 Å². The molecule has 1 saturated carbocycles. The van der Waals surface area contributed by atoms with Crippen molar-refractivity contribution in [2.75, 3.05) is 0 Å². The van der Waals surface area contributed by atoms with Crippen molar-refractivity contribution in [3.63, 3.8) is 0 Å². The fraction of sp³-hybridized carbons (Fsp3) is 0.818. The molecule has 0 heterocycles. The van der Waals surface area contributed by atoms with Gasteiger partial charge in [-0.05, 0) is 30.6 Å². The highest BCUT2D eigenvalue weighted by Gasteiger charge is 2.40. The summed E-state index contributed by atoms with van der Waals surface area (Å²) in [5.74, 6) is 3.06. The fourth-order valence-electron chi connectivity index (χ4n) is 2.64. The van der Waals surface area contributed by atoms with E-state index in [9.17, 15) is 5.11 Å². The summed E-state index contributed by atoms with van der Waals surface area (Å²) in [6.45, 7) is 6.50. The van der Waals surface area contributed by atoms with Gasteiger partial charge >= 0.3 is 0 Å². The van der Waals surface area contributed by atoms with Crippen LogP contribution in [0.1, 0.15) is 40.0 Å². The van der Waals surface area contributed by atoms with Gasteiger partial charge in [-0.1, -0.05) is 26.7 Å². The molecule has 0 aliphatic heterocycles. The lowest BCUT2D eigenvalue weighted by atomic mass is 9.66. The van der Waals surface area contributed by atoms with Gasteiger partial charge in [0.1, 0.15) is 5.60 Å². The van der Waals surface area contributed by atoms with E-state index in [4.69, 9.17) is 6.42 Å². The first-order valence-electron chi connectivity index (χ1n) is 4.57. The average molecular weight is 166 g/mol. The zero-order valence-corrected chi connectivity index (χ0v) is 8.22. The topological polar surface area (TPSA) is 20.2 Å². The van der Waals surface area contributed by atoms with Crippen molar-refractivity contribution in [1.82, 2.24) is 0 Å². The number of hydrogen-bond donors (Lipinski definition) is 1. The smallest absolute Gasteiger partial charge is 0.126 e.